The lowest BCUT2D eigenvalue weighted by molar-refractivity contribution is -0.123. The minimum absolute atomic E-state index is 0.0937. The minimum Gasteiger partial charge on any atom is -0.482 e. The first-order valence-electron chi connectivity index (χ1n) is 8.58. The molecule has 0 saturated carbocycles. The van der Waals surface area contributed by atoms with Crippen LogP contribution in [0.1, 0.15) is 24.0 Å². The summed E-state index contributed by atoms with van der Waals surface area (Å²) < 4.78 is 5.48. The summed E-state index contributed by atoms with van der Waals surface area (Å²) in [4.78, 5) is 25.5. The fraction of sp³-hybridized carbons (Fsp3) is 0.300. The summed E-state index contributed by atoms with van der Waals surface area (Å²) >= 11 is 6.05. The van der Waals surface area contributed by atoms with Crippen LogP contribution in [-0.4, -0.2) is 25.0 Å². The van der Waals surface area contributed by atoms with Crippen LogP contribution in [0.5, 0.6) is 5.75 Å². The van der Waals surface area contributed by atoms with Crippen molar-refractivity contribution in [1.82, 2.24) is 5.32 Å². The Kier molecular flexibility index (Phi) is 5.78. The molecule has 2 aromatic rings. The van der Waals surface area contributed by atoms with E-state index in [2.05, 4.69) is 5.32 Å². The first-order chi connectivity index (χ1) is 12.5. The van der Waals surface area contributed by atoms with Crippen LogP contribution in [0.25, 0.3) is 0 Å². The highest BCUT2D eigenvalue weighted by Gasteiger charge is 2.21. The van der Waals surface area contributed by atoms with Crippen LogP contribution in [-0.2, 0) is 16.1 Å². The van der Waals surface area contributed by atoms with Gasteiger partial charge < -0.3 is 15.0 Å². The van der Waals surface area contributed by atoms with Gasteiger partial charge in [-0.1, -0.05) is 29.8 Å². The molecule has 1 N–H and O–H groups in total. The molecule has 0 aromatic heterocycles. The van der Waals surface area contributed by atoms with Crippen molar-refractivity contribution in [3.05, 3.63) is 58.6 Å². The van der Waals surface area contributed by atoms with Crippen molar-refractivity contribution in [3.8, 4) is 5.75 Å². The Morgan fingerprint density at radius 1 is 1.23 bits per heavy atom. The number of carbonyl (C=O) groups excluding carboxylic acids is 2. The van der Waals surface area contributed by atoms with Gasteiger partial charge in [0.2, 0.25) is 5.91 Å². The second-order valence-electron chi connectivity index (χ2n) is 6.31. The largest absolute Gasteiger partial charge is 0.482 e. The van der Waals surface area contributed by atoms with E-state index in [0.29, 0.717) is 23.7 Å². The number of amides is 2. The second kappa shape index (κ2) is 8.23. The Hall–Kier alpha value is -2.53. The number of rotatable bonds is 6. The maximum Gasteiger partial charge on any atom is 0.258 e. The van der Waals surface area contributed by atoms with Gasteiger partial charge in [-0.25, -0.2) is 0 Å². The van der Waals surface area contributed by atoms with Crippen LogP contribution >= 0.6 is 11.6 Å². The van der Waals surface area contributed by atoms with Gasteiger partial charge in [-0.15, -0.1) is 0 Å². The Morgan fingerprint density at radius 2 is 2.00 bits per heavy atom. The van der Waals surface area contributed by atoms with Crippen molar-refractivity contribution < 1.29 is 14.3 Å². The number of hydrogen-bond donors (Lipinski definition) is 1. The number of benzene rings is 2. The van der Waals surface area contributed by atoms with E-state index in [1.807, 2.05) is 37.3 Å². The molecule has 0 atom stereocenters. The molecule has 0 radical (unpaired) electrons. The molecule has 6 heteroatoms. The molecule has 5 nitrogen and oxygen atoms in total. The van der Waals surface area contributed by atoms with Crippen molar-refractivity contribution in [2.24, 2.45) is 0 Å². The summed E-state index contributed by atoms with van der Waals surface area (Å²) in [6.45, 7) is 3.01. The summed E-state index contributed by atoms with van der Waals surface area (Å²) in [5.41, 5.74) is 2.88. The van der Waals surface area contributed by atoms with Crippen LogP contribution in [0.15, 0.2) is 42.5 Å². The number of nitrogens with zero attached hydrogens (tertiary/aromatic N) is 1. The van der Waals surface area contributed by atoms with Gasteiger partial charge in [0.15, 0.2) is 6.61 Å². The van der Waals surface area contributed by atoms with Gasteiger partial charge in [0.05, 0.1) is 5.02 Å². The van der Waals surface area contributed by atoms with Gasteiger partial charge in [0.1, 0.15) is 5.75 Å². The number of ether oxygens (including phenoxy) is 1. The Labute approximate surface area is 157 Å². The molecule has 1 fully saturated rings. The van der Waals surface area contributed by atoms with Gasteiger partial charge in [-0.2, -0.15) is 0 Å². The highest BCUT2D eigenvalue weighted by molar-refractivity contribution is 6.32. The number of anilines is 1. The van der Waals surface area contributed by atoms with Crippen LogP contribution in [0, 0.1) is 6.92 Å². The monoisotopic (exact) mass is 372 g/mol. The van der Waals surface area contributed by atoms with E-state index in [1.54, 1.807) is 17.0 Å². The molecule has 0 spiro atoms. The van der Waals surface area contributed by atoms with Crippen molar-refractivity contribution in [2.45, 2.75) is 26.3 Å². The average Bonchev–Trinajstić information content (AvgIpc) is 3.07. The molecular formula is C20H21ClN2O3. The lowest BCUT2D eigenvalue weighted by atomic mass is 10.2. The summed E-state index contributed by atoms with van der Waals surface area (Å²) in [6.07, 6.45) is 1.52. The van der Waals surface area contributed by atoms with E-state index < -0.39 is 0 Å². The smallest absolute Gasteiger partial charge is 0.258 e. The van der Waals surface area contributed by atoms with E-state index in [4.69, 9.17) is 16.3 Å². The fourth-order valence-corrected chi connectivity index (χ4v) is 3.00. The highest BCUT2D eigenvalue weighted by Crippen LogP contribution is 2.25. The molecular weight excluding hydrogens is 352 g/mol. The normalized spacial score (nSPS) is 13.8. The highest BCUT2D eigenvalue weighted by atomic mass is 35.5. The minimum atomic E-state index is -0.221. The van der Waals surface area contributed by atoms with Crippen molar-refractivity contribution >= 4 is 29.1 Å². The van der Waals surface area contributed by atoms with Gasteiger partial charge in [0, 0.05) is 25.2 Å². The standard InChI is InChI=1S/C20H21ClN2O3/c1-14-4-9-17(21)18(11-14)26-13-19(24)22-12-15-5-7-16(8-6-15)23-10-2-3-20(23)25/h4-9,11H,2-3,10,12-13H2,1H3,(H,22,24). The molecule has 2 aromatic carbocycles. The zero-order valence-electron chi connectivity index (χ0n) is 14.6. The molecule has 0 unspecified atom stereocenters. The fourth-order valence-electron chi connectivity index (χ4n) is 2.83. The molecule has 136 valence electrons. The zero-order valence-corrected chi connectivity index (χ0v) is 15.4. The lowest BCUT2D eigenvalue weighted by Crippen LogP contribution is -2.28. The maximum absolute atomic E-state index is 12.0. The summed E-state index contributed by atoms with van der Waals surface area (Å²) in [5, 5.41) is 3.30. The third-order valence-electron chi connectivity index (χ3n) is 4.26. The van der Waals surface area contributed by atoms with E-state index >= 15 is 0 Å². The van der Waals surface area contributed by atoms with Gasteiger partial charge in [0.25, 0.3) is 5.91 Å². The third kappa shape index (κ3) is 4.55. The zero-order chi connectivity index (χ0) is 18.5. The number of nitrogens with one attached hydrogen (secondary N) is 1. The van der Waals surface area contributed by atoms with Crippen LogP contribution in [0.2, 0.25) is 5.02 Å². The third-order valence-corrected chi connectivity index (χ3v) is 4.57. The molecule has 3 rings (SSSR count). The number of carbonyl (C=O) groups is 2. The van der Waals surface area contributed by atoms with Gasteiger partial charge in [-0.3, -0.25) is 9.59 Å². The molecule has 26 heavy (non-hydrogen) atoms. The molecule has 1 saturated heterocycles. The SMILES string of the molecule is Cc1ccc(Cl)c(OCC(=O)NCc2ccc(N3CCCC3=O)cc2)c1. The summed E-state index contributed by atoms with van der Waals surface area (Å²) in [6, 6.07) is 13.1. The number of aryl methyl sites for hydroxylation is 1. The summed E-state index contributed by atoms with van der Waals surface area (Å²) in [5.74, 6) is 0.445. The van der Waals surface area contributed by atoms with Crippen molar-refractivity contribution in [2.75, 3.05) is 18.1 Å². The van der Waals surface area contributed by atoms with Gasteiger partial charge >= 0.3 is 0 Å². The maximum atomic E-state index is 12.0. The topological polar surface area (TPSA) is 58.6 Å². The lowest BCUT2D eigenvalue weighted by Gasteiger charge is -2.16. The molecule has 2 amide bonds. The predicted octanol–water partition coefficient (Wildman–Crippen LogP) is 3.47. The first-order valence-corrected chi connectivity index (χ1v) is 8.96. The summed E-state index contributed by atoms with van der Waals surface area (Å²) in [7, 11) is 0. The van der Waals surface area contributed by atoms with Gasteiger partial charge in [-0.05, 0) is 48.7 Å². The van der Waals surface area contributed by atoms with Crippen LogP contribution < -0.4 is 15.0 Å². The van der Waals surface area contributed by atoms with Crippen molar-refractivity contribution in [1.29, 1.82) is 0 Å². The second-order valence-corrected chi connectivity index (χ2v) is 6.72. The van der Waals surface area contributed by atoms with E-state index in [9.17, 15) is 9.59 Å². The predicted molar refractivity (Wildman–Crippen MR) is 102 cm³/mol. The van der Waals surface area contributed by atoms with Crippen LogP contribution in [0.4, 0.5) is 5.69 Å². The number of halogens is 1. The van der Waals surface area contributed by atoms with Crippen molar-refractivity contribution in [3.63, 3.8) is 0 Å². The molecule has 1 aliphatic heterocycles. The van der Waals surface area contributed by atoms with Crippen LogP contribution in [0.3, 0.4) is 0 Å². The molecule has 1 aliphatic rings. The van der Waals surface area contributed by atoms with E-state index in [-0.39, 0.29) is 18.4 Å². The van der Waals surface area contributed by atoms with E-state index in [0.717, 1.165) is 29.8 Å². The molecule has 0 bridgehead atoms. The average molecular weight is 373 g/mol. The number of hydrogen-bond acceptors (Lipinski definition) is 3. The Bertz CT molecular complexity index is 805. The van der Waals surface area contributed by atoms with E-state index in [1.165, 1.54) is 0 Å². The Morgan fingerprint density at radius 3 is 2.69 bits per heavy atom. The Balaban J connectivity index is 1.48. The molecule has 0 aliphatic carbocycles. The molecule has 1 heterocycles. The first kappa shape index (κ1) is 18.3. The quantitative estimate of drug-likeness (QED) is 0.844.